The van der Waals surface area contributed by atoms with Gasteiger partial charge < -0.3 is 10.4 Å². The van der Waals surface area contributed by atoms with Gasteiger partial charge >= 0.3 is 6.18 Å². The zero-order valence-corrected chi connectivity index (χ0v) is 10.9. The smallest absolute Gasteiger partial charge is 0.394 e. The fourth-order valence-corrected chi connectivity index (χ4v) is 2.30. The van der Waals surface area contributed by atoms with Crippen molar-refractivity contribution in [3.63, 3.8) is 0 Å². The van der Waals surface area contributed by atoms with Crippen molar-refractivity contribution in [1.29, 1.82) is 0 Å². The number of amides is 1. The summed E-state index contributed by atoms with van der Waals surface area (Å²) >= 11 is 0. The highest BCUT2D eigenvalue weighted by molar-refractivity contribution is 5.83. The lowest BCUT2D eigenvalue weighted by atomic mass is 10.0. The molecule has 1 aromatic carbocycles. The summed E-state index contributed by atoms with van der Waals surface area (Å²) in [5.74, 6) is -1.13. The van der Waals surface area contributed by atoms with E-state index < -0.39 is 23.6 Å². The summed E-state index contributed by atoms with van der Waals surface area (Å²) in [6.45, 7) is 1.45. The summed E-state index contributed by atoms with van der Waals surface area (Å²) in [5.41, 5.74) is -0.493. The molecule has 3 atom stereocenters. The van der Waals surface area contributed by atoms with Crippen LogP contribution < -0.4 is 5.32 Å². The number of hydrogen-bond donors (Lipinski definition) is 2. The van der Waals surface area contributed by atoms with E-state index in [1.54, 1.807) is 13.0 Å². The topological polar surface area (TPSA) is 49.3 Å². The number of carbonyl (C=O) groups is 1. The van der Waals surface area contributed by atoms with Crippen molar-refractivity contribution in [3.05, 3.63) is 35.4 Å². The number of aliphatic hydroxyl groups is 1. The summed E-state index contributed by atoms with van der Waals surface area (Å²) in [4.78, 5) is 11.8. The third-order valence-electron chi connectivity index (χ3n) is 3.46. The minimum absolute atomic E-state index is 0.178. The van der Waals surface area contributed by atoms with Crippen molar-refractivity contribution >= 4 is 5.91 Å². The first-order valence-electron chi connectivity index (χ1n) is 6.42. The van der Waals surface area contributed by atoms with Crippen LogP contribution in [0.15, 0.2) is 24.3 Å². The molecule has 0 heterocycles. The average molecular weight is 287 g/mol. The number of alkyl halides is 3. The second-order valence-electron chi connectivity index (χ2n) is 5.13. The molecule has 3 unspecified atom stereocenters. The minimum atomic E-state index is -4.40. The van der Waals surface area contributed by atoms with Crippen LogP contribution in [0, 0.1) is 5.92 Å². The molecule has 1 aromatic rings. The van der Waals surface area contributed by atoms with Crippen molar-refractivity contribution in [1.82, 2.24) is 5.32 Å². The molecule has 3 nitrogen and oxygen atoms in total. The Hall–Kier alpha value is -1.56. The van der Waals surface area contributed by atoms with Crippen LogP contribution in [0.2, 0.25) is 0 Å². The molecule has 1 saturated carbocycles. The van der Waals surface area contributed by atoms with Crippen molar-refractivity contribution in [2.75, 3.05) is 6.61 Å². The summed E-state index contributed by atoms with van der Waals surface area (Å²) in [7, 11) is 0. The Morgan fingerprint density at radius 1 is 1.45 bits per heavy atom. The van der Waals surface area contributed by atoms with Gasteiger partial charge in [-0.2, -0.15) is 13.2 Å². The second kappa shape index (κ2) is 5.44. The number of halogens is 3. The molecule has 0 saturated heterocycles. The lowest BCUT2D eigenvalue weighted by molar-refractivity contribution is -0.138. The van der Waals surface area contributed by atoms with E-state index >= 15 is 0 Å². The van der Waals surface area contributed by atoms with Crippen molar-refractivity contribution in [2.45, 2.75) is 31.5 Å². The molecule has 1 aliphatic rings. The van der Waals surface area contributed by atoms with E-state index in [-0.39, 0.29) is 24.1 Å². The Kier molecular flexibility index (Phi) is 4.04. The summed E-state index contributed by atoms with van der Waals surface area (Å²) in [6.07, 6.45) is -3.99. The van der Waals surface area contributed by atoms with Gasteiger partial charge in [0, 0.05) is 12.0 Å². The molecule has 0 radical (unpaired) electrons. The molecule has 0 bridgehead atoms. The molecule has 2 N–H and O–H groups in total. The van der Waals surface area contributed by atoms with Gasteiger partial charge in [-0.1, -0.05) is 18.2 Å². The Bertz CT molecular complexity index is 501. The van der Waals surface area contributed by atoms with E-state index in [0.717, 1.165) is 6.07 Å². The quantitative estimate of drug-likeness (QED) is 0.892. The van der Waals surface area contributed by atoms with Crippen LogP contribution in [0.3, 0.4) is 0 Å². The molecule has 0 aliphatic heterocycles. The predicted molar refractivity (Wildman–Crippen MR) is 67.0 cm³/mol. The average Bonchev–Trinajstić information content (AvgIpc) is 3.17. The van der Waals surface area contributed by atoms with Gasteiger partial charge in [-0.15, -0.1) is 0 Å². The Balaban J connectivity index is 2.11. The fourth-order valence-electron chi connectivity index (χ4n) is 2.30. The van der Waals surface area contributed by atoms with Crippen molar-refractivity contribution in [3.8, 4) is 0 Å². The Morgan fingerprint density at radius 3 is 2.70 bits per heavy atom. The van der Waals surface area contributed by atoms with Crippen LogP contribution in [0.5, 0.6) is 0 Å². The van der Waals surface area contributed by atoms with Crippen molar-refractivity contribution in [2.24, 2.45) is 5.92 Å². The molecule has 20 heavy (non-hydrogen) atoms. The molecule has 0 aromatic heterocycles. The van der Waals surface area contributed by atoms with Gasteiger partial charge in [-0.05, 0) is 30.9 Å². The lowest BCUT2D eigenvalue weighted by Crippen LogP contribution is -2.36. The number of rotatable bonds is 4. The van der Waals surface area contributed by atoms with Crippen LogP contribution >= 0.6 is 0 Å². The van der Waals surface area contributed by atoms with E-state index in [4.69, 9.17) is 5.11 Å². The maximum absolute atomic E-state index is 12.9. The van der Waals surface area contributed by atoms with Gasteiger partial charge in [0.15, 0.2) is 0 Å². The first-order chi connectivity index (χ1) is 9.34. The molecule has 1 aliphatic carbocycles. The molecule has 110 valence electrons. The number of nitrogens with one attached hydrogen (secondary N) is 1. The standard InChI is InChI=1S/C14H16F3NO2/c1-8(7-19)18-13(20)11-6-10(11)9-4-2-3-5-12(9)14(15,16)17/h2-5,8,10-11,19H,6-7H2,1H3,(H,18,20). The molecule has 0 spiro atoms. The summed E-state index contributed by atoms with van der Waals surface area (Å²) in [5, 5.41) is 11.4. The van der Waals surface area contributed by atoms with Crippen LogP contribution in [0.25, 0.3) is 0 Å². The molecule has 2 rings (SSSR count). The lowest BCUT2D eigenvalue weighted by Gasteiger charge is -2.13. The zero-order chi connectivity index (χ0) is 14.9. The first-order valence-corrected chi connectivity index (χ1v) is 6.42. The van der Waals surface area contributed by atoms with E-state index in [9.17, 15) is 18.0 Å². The molecular weight excluding hydrogens is 271 g/mol. The zero-order valence-electron chi connectivity index (χ0n) is 10.9. The van der Waals surface area contributed by atoms with Gasteiger partial charge in [0.25, 0.3) is 0 Å². The molecule has 1 amide bonds. The number of carbonyl (C=O) groups excluding carboxylic acids is 1. The third kappa shape index (κ3) is 3.12. The van der Waals surface area contributed by atoms with Gasteiger partial charge in [-0.3, -0.25) is 4.79 Å². The number of aliphatic hydroxyl groups excluding tert-OH is 1. The predicted octanol–water partition coefficient (Wildman–Crippen LogP) is 2.31. The van der Waals surface area contributed by atoms with Crippen LogP contribution in [-0.4, -0.2) is 23.7 Å². The normalized spacial score (nSPS) is 23.2. The largest absolute Gasteiger partial charge is 0.416 e. The maximum atomic E-state index is 12.9. The van der Waals surface area contributed by atoms with E-state index in [0.29, 0.717) is 6.42 Å². The number of benzene rings is 1. The van der Waals surface area contributed by atoms with Crippen LogP contribution in [0.1, 0.15) is 30.4 Å². The van der Waals surface area contributed by atoms with E-state index in [1.807, 2.05) is 0 Å². The minimum Gasteiger partial charge on any atom is -0.394 e. The first kappa shape index (κ1) is 14.8. The van der Waals surface area contributed by atoms with Gasteiger partial charge in [-0.25, -0.2) is 0 Å². The monoisotopic (exact) mass is 287 g/mol. The van der Waals surface area contributed by atoms with E-state index in [1.165, 1.54) is 12.1 Å². The third-order valence-corrected chi connectivity index (χ3v) is 3.46. The maximum Gasteiger partial charge on any atom is 0.416 e. The van der Waals surface area contributed by atoms with E-state index in [2.05, 4.69) is 5.32 Å². The van der Waals surface area contributed by atoms with Gasteiger partial charge in [0.1, 0.15) is 0 Å². The summed E-state index contributed by atoms with van der Waals surface area (Å²) in [6, 6.07) is 4.97. The number of hydrogen-bond acceptors (Lipinski definition) is 2. The summed E-state index contributed by atoms with van der Waals surface area (Å²) < 4.78 is 38.7. The van der Waals surface area contributed by atoms with Crippen LogP contribution in [-0.2, 0) is 11.0 Å². The highest BCUT2D eigenvalue weighted by Crippen LogP contribution is 2.51. The fraction of sp³-hybridized carbons (Fsp3) is 0.500. The van der Waals surface area contributed by atoms with Gasteiger partial charge in [0.05, 0.1) is 12.2 Å². The Labute approximate surface area is 114 Å². The van der Waals surface area contributed by atoms with Crippen molar-refractivity contribution < 1.29 is 23.1 Å². The molecular formula is C14H16F3NO2. The highest BCUT2D eigenvalue weighted by Gasteiger charge is 2.47. The molecule has 1 fully saturated rings. The highest BCUT2D eigenvalue weighted by atomic mass is 19.4. The van der Waals surface area contributed by atoms with Gasteiger partial charge in [0.2, 0.25) is 5.91 Å². The van der Waals surface area contributed by atoms with Crippen LogP contribution in [0.4, 0.5) is 13.2 Å². The SMILES string of the molecule is CC(CO)NC(=O)C1CC1c1ccccc1C(F)(F)F. The second-order valence-corrected chi connectivity index (χ2v) is 5.13. The Morgan fingerprint density at radius 2 is 2.10 bits per heavy atom. The molecule has 6 heteroatoms.